The molecule has 0 spiro atoms. The van der Waals surface area contributed by atoms with Gasteiger partial charge in [-0.15, -0.1) is 0 Å². The monoisotopic (exact) mass is 295 g/mol. The van der Waals surface area contributed by atoms with E-state index in [1.807, 2.05) is 0 Å². The number of halogens is 3. The molecule has 20 heavy (non-hydrogen) atoms. The van der Waals surface area contributed by atoms with Gasteiger partial charge in [0.05, 0.1) is 0 Å². The highest BCUT2D eigenvalue weighted by Crippen LogP contribution is 2.21. The third-order valence-corrected chi connectivity index (χ3v) is 2.32. The zero-order chi connectivity index (χ0) is 15.4. The molecule has 0 aliphatic rings. The van der Waals surface area contributed by atoms with Crippen LogP contribution >= 0.6 is 0 Å². The molecule has 1 unspecified atom stereocenters. The van der Waals surface area contributed by atoms with E-state index in [0.717, 1.165) is 6.42 Å². The molecule has 0 aliphatic carbocycles. The van der Waals surface area contributed by atoms with Crippen LogP contribution in [0.15, 0.2) is 4.52 Å². The number of alkyl halides is 3. The van der Waals surface area contributed by atoms with Crippen molar-refractivity contribution in [2.75, 3.05) is 6.61 Å². The van der Waals surface area contributed by atoms with E-state index in [1.54, 1.807) is 0 Å². The van der Waals surface area contributed by atoms with Crippen molar-refractivity contribution in [3.8, 4) is 0 Å². The average Bonchev–Trinajstić information content (AvgIpc) is 2.60. The maximum atomic E-state index is 11.9. The van der Waals surface area contributed by atoms with Gasteiger partial charge in [0.25, 0.3) is 0 Å². The van der Waals surface area contributed by atoms with E-state index in [1.165, 1.54) is 0 Å². The Morgan fingerprint density at radius 3 is 2.50 bits per heavy atom. The lowest BCUT2D eigenvalue weighted by atomic mass is 9.87. The van der Waals surface area contributed by atoms with Crippen molar-refractivity contribution in [1.29, 1.82) is 0 Å². The smallest absolute Gasteiger partial charge is 0.364 e. The topological polar surface area (TPSA) is 74.2 Å². The second-order valence-electron chi connectivity index (χ2n) is 5.94. The Morgan fingerprint density at radius 2 is 1.95 bits per heavy atom. The molecule has 2 N–H and O–H groups in total. The fourth-order valence-corrected chi connectivity index (χ4v) is 1.77. The molecule has 0 aliphatic heterocycles. The Morgan fingerprint density at radius 1 is 1.30 bits per heavy atom. The summed E-state index contributed by atoms with van der Waals surface area (Å²) in [4.78, 5) is 3.95. The number of ether oxygens (including phenoxy) is 1. The van der Waals surface area contributed by atoms with E-state index < -0.39 is 12.8 Å². The molecule has 0 amide bonds. The molecule has 0 fully saturated rings. The first kappa shape index (κ1) is 16.9. The van der Waals surface area contributed by atoms with Gasteiger partial charge in [-0.2, -0.15) is 18.2 Å². The minimum absolute atomic E-state index is 0.0814. The summed E-state index contributed by atoms with van der Waals surface area (Å²) in [5.74, 6) is 0.402. The van der Waals surface area contributed by atoms with Gasteiger partial charge in [-0.25, -0.2) is 0 Å². The fourth-order valence-electron chi connectivity index (χ4n) is 1.77. The summed E-state index contributed by atoms with van der Waals surface area (Å²) < 4.78 is 45.0. The molecule has 0 bridgehead atoms. The van der Waals surface area contributed by atoms with Crippen molar-refractivity contribution in [2.24, 2.45) is 11.1 Å². The summed E-state index contributed by atoms with van der Waals surface area (Å²) in [6.45, 7) is 4.53. The van der Waals surface area contributed by atoms with Gasteiger partial charge in [0.1, 0.15) is 13.2 Å². The summed E-state index contributed by atoms with van der Waals surface area (Å²) in [5, 5.41) is 3.55. The van der Waals surface area contributed by atoms with Crippen molar-refractivity contribution in [2.45, 2.75) is 52.4 Å². The highest BCUT2D eigenvalue weighted by atomic mass is 19.4. The molecule has 1 aromatic rings. The van der Waals surface area contributed by atoms with Crippen LogP contribution in [0.1, 0.15) is 38.9 Å². The van der Waals surface area contributed by atoms with Gasteiger partial charge in [-0.05, 0) is 11.8 Å². The number of aromatic nitrogens is 2. The van der Waals surface area contributed by atoms with Crippen LogP contribution in [0, 0.1) is 5.41 Å². The van der Waals surface area contributed by atoms with Crippen LogP contribution in [-0.2, 0) is 17.8 Å². The highest BCUT2D eigenvalue weighted by Gasteiger charge is 2.27. The van der Waals surface area contributed by atoms with Gasteiger partial charge < -0.3 is 15.0 Å². The van der Waals surface area contributed by atoms with Crippen molar-refractivity contribution in [3.63, 3.8) is 0 Å². The first-order chi connectivity index (χ1) is 9.05. The van der Waals surface area contributed by atoms with E-state index in [9.17, 15) is 13.2 Å². The highest BCUT2D eigenvalue weighted by molar-refractivity contribution is 4.88. The van der Waals surface area contributed by atoms with Crippen LogP contribution in [0.4, 0.5) is 13.2 Å². The summed E-state index contributed by atoms with van der Waals surface area (Å²) in [6, 6.07) is -0.139. The quantitative estimate of drug-likeness (QED) is 0.872. The fraction of sp³-hybridized carbons (Fsp3) is 0.833. The van der Waals surface area contributed by atoms with Gasteiger partial charge in [-0.3, -0.25) is 0 Å². The lowest BCUT2D eigenvalue weighted by Gasteiger charge is -2.21. The van der Waals surface area contributed by atoms with Crippen molar-refractivity contribution >= 4 is 0 Å². The van der Waals surface area contributed by atoms with E-state index in [-0.39, 0.29) is 23.9 Å². The lowest BCUT2D eigenvalue weighted by Crippen LogP contribution is -2.28. The SMILES string of the molecule is CC(C)(C)CC(N)Cc1nc(COCC(F)(F)F)no1. The molecule has 1 atom stereocenters. The lowest BCUT2D eigenvalue weighted by molar-refractivity contribution is -0.177. The third-order valence-electron chi connectivity index (χ3n) is 2.32. The van der Waals surface area contributed by atoms with E-state index in [4.69, 9.17) is 10.3 Å². The molecular formula is C12H20F3N3O2. The second-order valence-corrected chi connectivity index (χ2v) is 5.94. The van der Waals surface area contributed by atoms with Gasteiger partial charge in [-0.1, -0.05) is 25.9 Å². The molecular weight excluding hydrogens is 275 g/mol. The van der Waals surface area contributed by atoms with Gasteiger partial charge >= 0.3 is 6.18 Å². The molecule has 1 rings (SSSR count). The predicted molar refractivity (Wildman–Crippen MR) is 65.8 cm³/mol. The number of hydrogen-bond acceptors (Lipinski definition) is 5. The van der Waals surface area contributed by atoms with E-state index in [0.29, 0.717) is 12.3 Å². The minimum atomic E-state index is -4.36. The molecule has 5 nitrogen and oxygen atoms in total. The molecule has 0 aromatic carbocycles. The molecule has 1 heterocycles. The van der Waals surface area contributed by atoms with Crippen LogP contribution < -0.4 is 5.73 Å². The van der Waals surface area contributed by atoms with Gasteiger partial charge in [0, 0.05) is 12.5 Å². The van der Waals surface area contributed by atoms with Crippen LogP contribution in [0.5, 0.6) is 0 Å². The molecule has 0 saturated heterocycles. The van der Waals surface area contributed by atoms with Crippen LogP contribution in [0.3, 0.4) is 0 Å². The van der Waals surface area contributed by atoms with Crippen LogP contribution in [-0.4, -0.2) is 29.0 Å². The maximum absolute atomic E-state index is 11.9. The molecule has 0 saturated carbocycles. The second kappa shape index (κ2) is 6.53. The largest absolute Gasteiger partial charge is 0.411 e. The van der Waals surface area contributed by atoms with Gasteiger partial charge in [0.15, 0.2) is 5.82 Å². The normalized spacial score (nSPS) is 14.6. The molecule has 1 aromatic heterocycles. The minimum Gasteiger partial charge on any atom is -0.364 e. The predicted octanol–water partition coefficient (Wildman–Crippen LogP) is 2.45. The zero-order valence-electron chi connectivity index (χ0n) is 11.8. The third kappa shape index (κ3) is 7.44. The zero-order valence-corrected chi connectivity index (χ0v) is 11.8. The first-order valence-electron chi connectivity index (χ1n) is 6.27. The Labute approximate surface area is 115 Å². The van der Waals surface area contributed by atoms with Crippen molar-refractivity contribution in [3.05, 3.63) is 11.7 Å². The van der Waals surface area contributed by atoms with Crippen LogP contribution in [0.25, 0.3) is 0 Å². The summed E-state index contributed by atoms with van der Waals surface area (Å²) >= 11 is 0. The molecule has 0 radical (unpaired) electrons. The Bertz CT molecular complexity index is 413. The summed E-state index contributed by atoms with van der Waals surface area (Å²) in [6.07, 6.45) is -3.19. The molecule has 8 heteroatoms. The first-order valence-corrected chi connectivity index (χ1v) is 6.27. The number of nitrogens with zero attached hydrogens (tertiary/aromatic N) is 2. The standard InChI is InChI=1S/C12H20F3N3O2/c1-11(2,3)5-8(16)4-10-17-9(18-20-10)6-19-7-12(13,14)15/h8H,4-7,16H2,1-3H3. The number of hydrogen-bond donors (Lipinski definition) is 1. The van der Waals surface area contributed by atoms with Crippen LogP contribution in [0.2, 0.25) is 0 Å². The van der Waals surface area contributed by atoms with E-state index in [2.05, 4.69) is 35.6 Å². The van der Waals surface area contributed by atoms with Crippen molar-refractivity contribution < 1.29 is 22.4 Å². The number of nitrogens with two attached hydrogens (primary N) is 1. The van der Waals surface area contributed by atoms with E-state index >= 15 is 0 Å². The Balaban J connectivity index is 2.39. The Hall–Kier alpha value is -1.15. The Kier molecular flexibility index (Phi) is 5.52. The summed E-state index contributed by atoms with van der Waals surface area (Å²) in [7, 11) is 0. The maximum Gasteiger partial charge on any atom is 0.411 e. The number of rotatable bonds is 6. The van der Waals surface area contributed by atoms with Crippen molar-refractivity contribution in [1.82, 2.24) is 10.1 Å². The molecule has 116 valence electrons. The van der Waals surface area contributed by atoms with Gasteiger partial charge in [0.2, 0.25) is 5.89 Å². The average molecular weight is 295 g/mol. The summed E-state index contributed by atoms with van der Waals surface area (Å²) in [5.41, 5.74) is 6.03.